The van der Waals surface area contributed by atoms with E-state index in [1.807, 2.05) is 0 Å². The molecule has 0 heterocycles. The standard InChI is InChI=1S/C38H75NO2/c1-3-5-7-9-11-13-15-17-19-21-23-25-27-29-35-40-37-31-33-39-34-32-38-41-36-30-28-26-24-22-20-18-16-14-12-10-8-6-4-2/h13-16,39H,3-12,17-38H2,1-2H3/b15-13-,16-14-. The third kappa shape index (κ3) is 39.4. The lowest BCUT2D eigenvalue weighted by atomic mass is 10.1. The summed E-state index contributed by atoms with van der Waals surface area (Å²) in [7, 11) is 0. The van der Waals surface area contributed by atoms with E-state index in [2.05, 4.69) is 43.5 Å². The van der Waals surface area contributed by atoms with Crippen LogP contribution in [-0.2, 0) is 9.47 Å². The molecule has 0 aromatic rings. The minimum Gasteiger partial charge on any atom is -0.381 e. The molecule has 0 aliphatic heterocycles. The Hall–Kier alpha value is -0.640. The molecule has 0 bridgehead atoms. The maximum atomic E-state index is 5.81. The number of unbranched alkanes of at least 4 members (excludes halogenated alkanes) is 20. The molecule has 0 fully saturated rings. The molecule has 0 rings (SSSR count). The smallest absolute Gasteiger partial charge is 0.0478 e. The third-order valence-electron chi connectivity index (χ3n) is 7.89. The zero-order chi connectivity index (χ0) is 29.6. The molecule has 3 nitrogen and oxygen atoms in total. The van der Waals surface area contributed by atoms with Crippen molar-refractivity contribution in [3.8, 4) is 0 Å². The molecule has 0 aliphatic rings. The topological polar surface area (TPSA) is 30.5 Å². The SMILES string of the molecule is CCCCCC/C=C\CCCCCCCCOCCCNCCCOCCCCCCCC/C=C\CCCCCC. The first kappa shape index (κ1) is 40.4. The Morgan fingerprint density at radius 3 is 1.00 bits per heavy atom. The van der Waals surface area contributed by atoms with E-state index < -0.39 is 0 Å². The largest absolute Gasteiger partial charge is 0.381 e. The highest BCUT2D eigenvalue weighted by atomic mass is 16.5. The van der Waals surface area contributed by atoms with Crippen LogP contribution < -0.4 is 5.32 Å². The quantitative estimate of drug-likeness (QED) is 0.0593. The fourth-order valence-electron chi connectivity index (χ4n) is 5.12. The molecule has 0 aliphatic carbocycles. The summed E-state index contributed by atoms with van der Waals surface area (Å²) in [5, 5.41) is 3.53. The highest BCUT2D eigenvalue weighted by molar-refractivity contribution is 4.82. The van der Waals surface area contributed by atoms with Gasteiger partial charge < -0.3 is 14.8 Å². The summed E-state index contributed by atoms with van der Waals surface area (Å²) in [6.07, 6.45) is 44.0. The van der Waals surface area contributed by atoms with Gasteiger partial charge in [-0.15, -0.1) is 0 Å². The number of hydrogen-bond donors (Lipinski definition) is 1. The van der Waals surface area contributed by atoms with Gasteiger partial charge in [0.05, 0.1) is 0 Å². The summed E-state index contributed by atoms with van der Waals surface area (Å²) >= 11 is 0. The van der Waals surface area contributed by atoms with E-state index in [0.29, 0.717) is 0 Å². The van der Waals surface area contributed by atoms with Crippen LogP contribution in [0.3, 0.4) is 0 Å². The predicted octanol–water partition coefficient (Wildman–Crippen LogP) is 11.9. The van der Waals surface area contributed by atoms with Crippen LogP contribution in [0.2, 0.25) is 0 Å². The lowest BCUT2D eigenvalue weighted by molar-refractivity contribution is 0.123. The van der Waals surface area contributed by atoms with Gasteiger partial charge in [0.2, 0.25) is 0 Å². The molecule has 0 saturated heterocycles. The van der Waals surface area contributed by atoms with Crippen molar-refractivity contribution in [2.75, 3.05) is 39.5 Å². The molecular weight excluding hydrogens is 502 g/mol. The number of ether oxygens (including phenoxy) is 2. The maximum Gasteiger partial charge on any atom is 0.0478 e. The molecule has 0 aromatic carbocycles. The molecule has 0 amide bonds. The van der Waals surface area contributed by atoms with Crippen LogP contribution in [0.25, 0.3) is 0 Å². The van der Waals surface area contributed by atoms with E-state index in [4.69, 9.17) is 9.47 Å². The van der Waals surface area contributed by atoms with Crippen molar-refractivity contribution < 1.29 is 9.47 Å². The van der Waals surface area contributed by atoms with Gasteiger partial charge in [-0.3, -0.25) is 0 Å². The Morgan fingerprint density at radius 1 is 0.341 bits per heavy atom. The van der Waals surface area contributed by atoms with Gasteiger partial charge in [-0.1, -0.05) is 128 Å². The molecule has 0 radical (unpaired) electrons. The molecule has 3 heteroatoms. The summed E-state index contributed by atoms with van der Waals surface area (Å²) in [6.45, 7) is 10.3. The van der Waals surface area contributed by atoms with Gasteiger partial charge in [0.25, 0.3) is 0 Å². The fourth-order valence-corrected chi connectivity index (χ4v) is 5.12. The average molecular weight is 578 g/mol. The van der Waals surface area contributed by atoms with Crippen molar-refractivity contribution in [2.24, 2.45) is 0 Å². The van der Waals surface area contributed by atoms with E-state index in [0.717, 1.165) is 52.4 Å². The van der Waals surface area contributed by atoms with Gasteiger partial charge in [0.15, 0.2) is 0 Å². The van der Waals surface area contributed by atoms with E-state index in [1.165, 1.54) is 154 Å². The van der Waals surface area contributed by atoms with Crippen molar-refractivity contribution >= 4 is 0 Å². The molecule has 1 N–H and O–H groups in total. The predicted molar refractivity (Wildman–Crippen MR) is 184 cm³/mol. The number of allylic oxidation sites excluding steroid dienone is 4. The Labute approximate surface area is 259 Å². The maximum absolute atomic E-state index is 5.81. The minimum absolute atomic E-state index is 0.893. The molecule has 0 unspecified atom stereocenters. The lowest BCUT2D eigenvalue weighted by Crippen LogP contribution is -2.19. The number of rotatable bonds is 36. The molecule has 244 valence electrons. The average Bonchev–Trinajstić information content (AvgIpc) is 2.98. The van der Waals surface area contributed by atoms with Gasteiger partial charge in [0.1, 0.15) is 0 Å². The Balaban J connectivity index is 3.07. The highest BCUT2D eigenvalue weighted by Crippen LogP contribution is 2.10. The van der Waals surface area contributed by atoms with Crippen molar-refractivity contribution in [1.82, 2.24) is 5.32 Å². The van der Waals surface area contributed by atoms with Crippen LogP contribution in [0, 0.1) is 0 Å². The van der Waals surface area contributed by atoms with Crippen molar-refractivity contribution in [3.05, 3.63) is 24.3 Å². The summed E-state index contributed by atoms with van der Waals surface area (Å²) < 4.78 is 11.6. The first-order chi connectivity index (χ1) is 20.4. The van der Waals surface area contributed by atoms with E-state index in [1.54, 1.807) is 0 Å². The van der Waals surface area contributed by atoms with Crippen molar-refractivity contribution in [1.29, 1.82) is 0 Å². The number of hydrogen-bond acceptors (Lipinski definition) is 3. The van der Waals surface area contributed by atoms with Gasteiger partial charge in [0, 0.05) is 26.4 Å². The third-order valence-corrected chi connectivity index (χ3v) is 7.89. The second-order valence-electron chi connectivity index (χ2n) is 12.1. The molecule has 0 saturated carbocycles. The molecular formula is C38H75NO2. The van der Waals surface area contributed by atoms with Crippen LogP contribution in [0.1, 0.15) is 181 Å². The van der Waals surface area contributed by atoms with Crippen molar-refractivity contribution in [2.45, 2.75) is 181 Å². The summed E-state index contributed by atoms with van der Waals surface area (Å²) in [5.41, 5.74) is 0. The summed E-state index contributed by atoms with van der Waals surface area (Å²) in [4.78, 5) is 0. The molecule has 0 atom stereocenters. The second-order valence-corrected chi connectivity index (χ2v) is 12.1. The Bertz CT molecular complexity index is 461. The van der Waals surface area contributed by atoms with Crippen LogP contribution in [-0.4, -0.2) is 39.5 Å². The monoisotopic (exact) mass is 578 g/mol. The first-order valence-corrected chi connectivity index (χ1v) is 18.6. The Kier molecular flexibility index (Phi) is 38.7. The van der Waals surface area contributed by atoms with Crippen LogP contribution in [0.4, 0.5) is 0 Å². The fraction of sp³-hybridized carbons (Fsp3) is 0.895. The van der Waals surface area contributed by atoms with Crippen LogP contribution >= 0.6 is 0 Å². The number of nitrogens with one attached hydrogen (secondary N) is 1. The lowest BCUT2D eigenvalue weighted by Gasteiger charge is -2.07. The van der Waals surface area contributed by atoms with Crippen molar-refractivity contribution in [3.63, 3.8) is 0 Å². The van der Waals surface area contributed by atoms with E-state index in [9.17, 15) is 0 Å². The zero-order valence-electron chi connectivity index (χ0n) is 28.3. The van der Waals surface area contributed by atoms with Crippen LogP contribution in [0.15, 0.2) is 24.3 Å². The van der Waals surface area contributed by atoms with Gasteiger partial charge in [-0.05, 0) is 90.1 Å². The highest BCUT2D eigenvalue weighted by Gasteiger charge is 1.95. The van der Waals surface area contributed by atoms with Crippen LogP contribution in [0.5, 0.6) is 0 Å². The summed E-state index contributed by atoms with van der Waals surface area (Å²) in [6, 6.07) is 0. The van der Waals surface area contributed by atoms with E-state index in [-0.39, 0.29) is 0 Å². The molecule has 41 heavy (non-hydrogen) atoms. The Morgan fingerprint density at radius 2 is 0.634 bits per heavy atom. The minimum atomic E-state index is 0.893. The summed E-state index contributed by atoms with van der Waals surface area (Å²) in [5.74, 6) is 0. The zero-order valence-corrected chi connectivity index (χ0v) is 28.3. The van der Waals surface area contributed by atoms with E-state index >= 15 is 0 Å². The normalized spacial score (nSPS) is 12.0. The first-order valence-electron chi connectivity index (χ1n) is 18.6. The van der Waals surface area contributed by atoms with Gasteiger partial charge in [-0.2, -0.15) is 0 Å². The van der Waals surface area contributed by atoms with Gasteiger partial charge >= 0.3 is 0 Å². The molecule has 0 spiro atoms. The molecule has 0 aromatic heterocycles. The second kappa shape index (κ2) is 39.4. The van der Waals surface area contributed by atoms with Gasteiger partial charge in [-0.25, -0.2) is 0 Å².